The summed E-state index contributed by atoms with van der Waals surface area (Å²) in [6, 6.07) is 10.5. The topological polar surface area (TPSA) is 108 Å². The highest BCUT2D eigenvalue weighted by atomic mass is 16.1. The van der Waals surface area contributed by atoms with Crippen molar-refractivity contribution in [1.82, 2.24) is 9.97 Å². The van der Waals surface area contributed by atoms with Gasteiger partial charge in [0.15, 0.2) is 0 Å². The van der Waals surface area contributed by atoms with E-state index in [9.17, 15) is 10.1 Å². The Morgan fingerprint density at radius 1 is 1.39 bits per heavy atom. The Hall–Kier alpha value is -3.17. The van der Waals surface area contributed by atoms with Crippen molar-refractivity contribution in [3.8, 4) is 6.07 Å². The van der Waals surface area contributed by atoms with Crippen LogP contribution in [0.25, 0.3) is 11.0 Å². The van der Waals surface area contributed by atoms with Gasteiger partial charge in [0, 0.05) is 23.8 Å². The zero-order chi connectivity index (χ0) is 16.4. The number of rotatable bonds is 3. The van der Waals surface area contributed by atoms with Crippen molar-refractivity contribution in [3.63, 3.8) is 0 Å². The van der Waals surface area contributed by atoms with Crippen LogP contribution in [0.3, 0.4) is 0 Å². The maximum Gasteiger partial charge on any atom is 0.257 e. The fraction of sp³-hybridized carbons (Fsp3) is 0.118. The summed E-state index contributed by atoms with van der Waals surface area (Å²) in [5.41, 5.74) is 8.58. The fourth-order valence-electron chi connectivity index (χ4n) is 2.40. The van der Waals surface area contributed by atoms with Crippen molar-refractivity contribution in [2.75, 3.05) is 5.32 Å². The van der Waals surface area contributed by atoms with Crippen molar-refractivity contribution in [1.29, 1.82) is 5.26 Å². The number of carbonyl (C=O) groups excluding carboxylic acids is 1. The Labute approximate surface area is 133 Å². The fourth-order valence-corrected chi connectivity index (χ4v) is 2.40. The third-order valence-corrected chi connectivity index (χ3v) is 3.64. The van der Waals surface area contributed by atoms with Crippen LogP contribution in [0.1, 0.15) is 34.5 Å². The lowest BCUT2D eigenvalue weighted by molar-refractivity contribution is 0.102. The molecule has 1 unspecified atom stereocenters. The second-order valence-corrected chi connectivity index (χ2v) is 5.26. The van der Waals surface area contributed by atoms with Gasteiger partial charge in [-0.2, -0.15) is 5.26 Å². The van der Waals surface area contributed by atoms with Gasteiger partial charge in [-0.3, -0.25) is 4.79 Å². The zero-order valence-corrected chi connectivity index (χ0v) is 12.5. The first-order chi connectivity index (χ1) is 11.1. The maximum atomic E-state index is 12.5. The van der Waals surface area contributed by atoms with Crippen LogP contribution in [0.2, 0.25) is 0 Å². The van der Waals surface area contributed by atoms with Crippen molar-refractivity contribution < 1.29 is 4.79 Å². The minimum absolute atomic E-state index is 0.195. The molecule has 4 N–H and O–H groups in total. The number of anilines is 1. The van der Waals surface area contributed by atoms with Crippen LogP contribution in [0, 0.1) is 11.3 Å². The summed E-state index contributed by atoms with van der Waals surface area (Å²) in [5, 5.41) is 12.9. The molecule has 3 rings (SSSR count). The number of nitrogens with two attached hydrogens (primary N) is 1. The summed E-state index contributed by atoms with van der Waals surface area (Å²) in [4.78, 5) is 19.7. The molecule has 23 heavy (non-hydrogen) atoms. The minimum atomic E-state index is -0.341. The number of benzene rings is 1. The van der Waals surface area contributed by atoms with E-state index in [1.165, 1.54) is 0 Å². The number of nitrogens with zero attached hydrogens (tertiary/aromatic N) is 2. The van der Waals surface area contributed by atoms with Crippen LogP contribution in [0.5, 0.6) is 0 Å². The zero-order valence-electron chi connectivity index (χ0n) is 12.5. The molecule has 2 heterocycles. The molecule has 0 aliphatic rings. The summed E-state index contributed by atoms with van der Waals surface area (Å²) >= 11 is 0. The van der Waals surface area contributed by atoms with Crippen molar-refractivity contribution in [2.24, 2.45) is 5.73 Å². The van der Waals surface area contributed by atoms with Gasteiger partial charge < -0.3 is 16.0 Å². The Bertz CT molecular complexity index is 920. The summed E-state index contributed by atoms with van der Waals surface area (Å²) in [6.07, 6.45) is 3.37. The Morgan fingerprint density at radius 3 is 2.96 bits per heavy atom. The molecule has 0 bridgehead atoms. The summed E-state index contributed by atoms with van der Waals surface area (Å²) in [5.74, 6) is -0.341. The predicted octanol–water partition coefficient (Wildman–Crippen LogP) is 2.71. The highest BCUT2D eigenvalue weighted by Gasteiger charge is 2.15. The molecule has 0 fully saturated rings. The molecule has 6 heteroatoms. The van der Waals surface area contributed by atoms with E-state index in [4.69, 9.17) is 5.73 Å². The number of nitriles is 1. The highest BCUT2D eigenvalue weighted by Crippen LogP contribution is 2.22. The van der Waals surface area contributed by atoms with Crippen LogP contribution in [-0.2, 0) is 0 Å². The van der Waals surface area contributed by atoms with Gasteiger partial charge in [-0.15, -0.1) is 0 Å². The first-order valence-corrected chi connectivity index (χ1v) is 7.13. The molecule has 0 saturated heterocycles. The molecule has 0 spiro atoms. The quantitative estimate of drug-likeness (QED) is 0.691. The number of aromatic nitrogens is 2. The van der Waals surface area contributed by atoms with Gasteiger partial charge in [0.2, 0.25) is 0 Å². The van der Waals surface area contributed by atoms with E-state index in [1.807, 2.05) is 13.0 Å². The molecule has 1 amide bonds. The van der Waals surface area contributed by atoms with E-state index >= 15 is 0 Å². The number of carbonyl (C=O) groups is 1. The third-order valence-electron chi connectivity index (χ3n) is 3.64. The van der Waals surface area contributed by atoms with Crippen molar-refractivity contribution in [3.05, 3.63) is 59.4 Å². The molecule has 1 aromatic carbocycles. The van der Waals surface area contributed by atoms with Gasteiger partial charge in [0.1, 0.15) is 5.65 Å². The van der Waals surface area contributed by atoms with Crippen LogP contribution >= 0.6 is 0 Å². The lowest BCUT2D eigenvalue weighted by Crippen LogP contribution is -2.15. The number of pyridine rings is 1. The Morgan fingerprint density at radius 2 is 2.22 bits per heavy atom. The minimum Gasteiger partial charge on any atom is -0.346 e. The first-order valence-electron chi connectivity index (χ1n) is 7.13. The van der Waals surface area contributed by atoms with Gasteiger partial charge in [0.25, 0.3) is 5.91 Å². The van der Waals surface area contributed by atoms with E-state index in [0.717, 1.165) is 10.9 Å². The number of hydrogen-bond donors (Lipinski definition) is 3. The third kappa shape index (κ3) is 2.78. The second-order valence-electron chi connectivity index (χ2n) is 5.26. The van der Waals surface area contributed by atoms with Crippen LogP contribution in [-0.4, -0.2) is 15.9 Å². The Balaban J connectivity index is 1.95. The molecular formula is C17H15N5O. The average Bonchev–Trinajstić information content (AvgIpc) is 3.03. The highest BCUT2D eigenvalue weighted by molar-refractivity contribution is 6.09. The van der Waals surface area contributed by atoms with Gasteiger partial charge in [0.05, 0.1) is 22.9 Å². The second kappa shape index (κ2) is 5.91. The smallest absolute Gasteiger partial charge is 0.257 e. The van der Waals surface area contributed by atoms with E-state index in [-0.39, 0.29) is 11.9 Å². The molecule has 2 aromatic heterocycles. The number of H-pyrrole nitrogens is 1. The standard InChI is InChI=1S/C17H15N5O/c1-10(19)11-2-3-13(12(8-11)9-18)17(23)22-15-5-7-21-16-14(15)4-6-20-16/h2-8,10H,19H2,1H3,(H2,20,21,22,23). The van der Waals surface area contributed by atoms with Crippen LogP contribution in [0.4, 0.5) is 5.69 Å². The molecular weight excluding hydrogens is 290 g/mol. The Kier molecular flexibility index (Phi) is 3.79. The SMILES string of the molecule is CC(N)c1ccc(C(=O)Nc2ccnc3[nH]ccc23)c(C#N)c1. The number of nitrogens with one attached hydrogen (secondary N) is 2. The van der Waals surface area contributed by atoms with Crippen molar-refractivity contribution >= 4 is 22.6 Å². The van der Waals surface area contributed by atoms with E-state index < -0.39 is 0 Å². The predicted molar refractivity (Wildman–Crippen MR) is 87.8 cm³/mol. The van der Waals surface area contributed by atoms with E-state index in [2.05, 4.69) is 21.4 Å². The molecule has 0 aliphatic carbocycles. The average molecular weight is 305 g/mol. The molecule has 114 valence electrons. The van der Waals surface area contributed by atoms with Crippen molar-refractivity contribution in [2.45, 2.75) is 13.0 Å². The number of aromatic amines is 1. The number of fused-ring (bicyclic) bond motifs is 1. The number of amides is 1. The van der Waals surface area contributed by atoms with Crippen LogP contribution < -0.4 is 11.1 Å². The lowest BCUT2D eigenvalue weighted by atomic mass is 10.0. The van der Waals surface area contributed by atoms with Crippen LogP contribution in [0.15, 0.2) is 42.7 Å². The lowest BCUT2D eigenvalue weighted by Gasteiger charge is -2.10. The summed E-state index contributed by atoms with van der Waals surface area (Å²) in [7, 11) is 0. The van der Waals surface area contributed by atoms with Gasteiger partial charge in [-0.05, 0) is 36.8 Å². The summed E-state index contributed by atoms with van der Waals surface area (Å²) in [6.45, 7) is 1.83. The monoisotopic (exact) mass is 305 g/mol. The van der Waals surface area contributed by atoms with Gasteiger partial charge >= 0.3 is 0 Å². The van der Waals surface area contributed by atoms with Gasteiger partial charge in [-0.25, -0.2) is 4.98 Å². The molecule has 6 nitrogen and oxygen atoms in total. The van der Waals surface area contributed by atoms with E-state index in [0.29, 0.717) is 22.5 Å². The molecule has 3 aromatic rings. The van der Waals surface area contributed by atoms with E-state index in [1.54, 1.807) is 36.7 Å². The molecule has 0 aliphatic heterocycles. The molecule has 1 atom stereocenters. The maximum absolute atomic E-state index is 12.5. The first kappa shape index (κ1) is 14.8. The molecule has 0 radical (unpaired) electrons. The summed E-state index contributed by atoms with van der Waals surface area (Å²) < 4.78 is 0. The molecule has 0 saturated carbocycles. The normalized spacial score (nSPS) is 11.9. The van der Waals surface area contributed by atoms with Gasteiger partial charge in [-0.1, -0.05) is 6.07 Å². The number of hydrogen-bond acceptors (Lipinski definition) is 4. The largest absolute Gasteiger partial charge is 0.346 e.